The van der Waals surface area contributed by atoms with Gasteiger partial charge in [-0.15, -0.1) is 0 Å². The Morgan fingerprint density at radius 3 is 2.85 bits per heavy atom. The van der Waals surface area contributed by atoms with Crippen LogP contribution in [0.2, 0.25) is 0 Å². The number of aromatic hydroxyl groups is 1. The lowest BCUT2D eigenvalue weighted by Gasteiger charge is -2.40. The summed E-state index contributed by atoms with van der Waals surface area (Å²) in [6.07, 6.45) is 3.95. The summed E-state index contributed by atoms with van der Waals surface area (Å²) in [5.74, 6) is 0.814. The van der Waals surface area contributed by atoms with Gasteiger partial charge in [-0.1, -0.05) is 25.1 Å². The molecule has 2 aliphatic rings. The monoisotopic (exact) mass is 268 g/mol. The number of hydrogen-bond acceptors (Lipinski definition) is 2. The summed E-state index contributed by atoms with van der Waals surface area (Å²) >= 11 is 0. The first-order chi connectivity index (χ1) is 9.59. The lowest BCUT2D eigenvalue weighted by molar-refractivity contribution is 0.0459. The lowest BCUT2D eigenvalue weighted by atomic mass is 9.65. The van der Waals surface area contributed by atoms with Crippen LogP contribution in [0.3, 0.4) is 0 Å². The van der Waals surface area contributed by atoms with Gasteiger partial charge in [-0.25, -0.2) is 0 Å². The van der Waals surface area contributed by atoms with Crippen LogP contribution in [-0.2, 0) is 6.42 Å². The molecule has 20 heavy (non-hydrogen) atoms. The van der Waals surface area contributed by atoms with Crippen LogP contribution in [0.15, 0.2) is 30.3 Å². The fraction of sp³-hybridized carbons (Fsp3) is 0.444. The highest BCUT2D eigenvalue weighted by molar-refractivity contribution is 5.88. The molecule has 3 atom stereocenters. The van der Waals surface area contributed by atoms with Crippen LogP contribution >= 0.6 is 0 Å². The van der Waals surface area contributed by atoms with Crippen molar-refractivity contribution in [1.29, 1.82) is 0 Å². The van der Waals surface area contributed by atoms with Gasteiger partial charge in [0, 0.05) is 5.41 Å². The maximum Gasteiger partial charge on any atom is 0.116 e. The van der Waals surface area contributed by atoms with Gasteiger partial charge in [-0.2, -0.15) is 0 Å². The molecule has 2 N–H and O–H groups in total. The highest BCUT2D eigenvalue weighted by atomic mass is 16.3. The molecular formula is C18H20O2. The molecule has 2 aliphatic carbocycles. The Labute approximate surface area is 119 Å². The van der Waals surface area contributed by atoms with E-state index < -0.39 is 0 Å². The van der Waals surface area contributed by atoms with Gasteiger partial charge >= 0.3 is 0 Å². The van der Waals surface area contributed by atoms with Gasteiger partial charge in [-0.3, -0.25) is 0 Å². The van der Waals surface area contributed by atoms with Crippen LogP contribution in [0, 0.1) is 5.41 Å². The normalized spacial score (nSPS) is 32.1. The smallest absolute Gasteiger partial charge is 0.116 e. The number of benzene rings is 2. The molecular weight excluding hydrogens is 248 g/mol. The van der Waals surface area contributed by atoms with Crippen LogP contribution in [0.25, 0.3) is 10.8 Å². The van der Waals surface area contributed by atoms with E-state index in [9.17, 15) is 10.2 Å². The number of aliphatic hydroxyl groups excluding tert-OH is 1. The van der Waals surface area contributed by atoms with E-state index in [1.165, 1.54) is 16.5 Å². The number of rotatable bonds is 0. The van der Waals surface area contributed by atoms with E-state index in [-0.39, 0.29) is 11.5 Å². The highest BCUT2D eigenvalue weighted by Crippen LogP contribution is 2.56. The minimum Gasteiger partial charge on any atom is -0.508 e. The molecule has 0 spiro atoms. The summed E-state index contributed by atoms with van der Waals surface area (Å²) < 4.78 is 0. The Morgan fingerprint density at radius 2 is 2.00 bits per heavy atom. The Morgan fingerprint density at radius 1 is 1.15 bits per heavy atom. The molecule has 2 aromatic carbocycles. The Bertz CT molecular complexity index is 691. The average Bonchev–Trinajstić information content (AvgIpc) is 2.74. The van der Waals surface area contributed by atoms with Gasteiger partial charge in [0.15, 0.2) is 0 Å². The van der Waals surface area contributed by atoms with Crippen molar-refractivity contribution < 1.29 is 10.2 Å². The largest absolute Gasteiger partial charge is 0.508 e. The summed E-state index contributed by atoms with van der Waals surface area (Å²) in [6.45, 7) is 2.25. The van der Waals surface area contributed by atoms with E-state index in [1.807, 2.05) is 12.1 Å². The van der Waals surface area contributed by atoms with E-state index in [4.69, 9.17) is 0 Å². The number of fused-ring (bicyclic) bond motifs is 5. The van der Waals surface area contributed by atoms with E-state index in [0.717, 1.165) is 31.1 Å². The SMILES string of the molecule is C[C@]12CCc3c(ccc4cc(O)ccc34)[C@H]1CC[C@@H]2O. The van der Waals surface area contributed by atoms with Gasteiger partial charge in [-0.05, 0) is 65.6 Å². The minimum atomic E-state index is -0.156. The van der Waals surface area contributed by atoms with Gasteiger partial charge in [0.1, 0.15) is 5.75 Å². The van der Waals surface area contributed by atoms with Crippen molar-refractivity contribution in [3.63, 3.8) is 0 Å². The first-order valence-electron chi connectivity index (χ1n) is 7.52. The Kier molecular flexibility index (Phi) is 2.43. The fourth-order valence-electron chi connectivity index (χ4n) is 4.47. The number of aryl methyl sites for hydroxylation is 1. The van der Waals surface area contributed by atoms with E-state index >= 15 is 0 Å². The van der Waals surface area contributed by atoms with Crippen molar-refractivity contribution in [3.05, 3.63) is 41.5 Å². The second kappa shape index (κ2) is 3.98. The zero-order valence-corrected chi connectivity index (χ0v) is 11.8. The van der Waals surface area contributed by atoms with Crippen molar-refractivity contribution in [1.82, 2.24) is 0 Å². The molecule has 0 bridgehead atoms. The third-order valence-corrected chi connectivity index (χ3v) is 5.73. The molecule has 0 saturated heterocycles. The van der Waals surface area contributed by atoms with Crippen LogP contribution in [0.4, 0.5) is 0 Å². The Balaban J connectivity index is 1.93. The number of aliphatic hydroxyl groups is 1. The lowest BCUT2D eigenvalue weighted by Crippen LogP contribution is -2.35. The van der Waals surface area contributed by atoms with Crippen molar-refractivity contribution in [2.24, 2.45) is 5.41 Å². The number of phenols is 1. The average molecular weight is 268 g/mol. The zero-order valence-electron chi connectivity index (χ0n) is 11.8. The third kappa shape index (κ3) is 1.49. The molecule has 0 aromatic heterocycles. The van der Waals surface area contributed by atoms with Crippen molar-refractivity contribution >= 4 is 10.8 Å². The van der Waals surface area contributed by atoms with Crippen LogP contribution in [-0.4, -0.2) is 16.3 Å². The maximum atomic E-state index is 10.3. The first kappa shape index (κ1) is 12.2. The van der Waals surface area contributed by atoms with E-state index in [0.29, 0.717) is 11.7 Å². The summed E-state index contributed by atoms with van der Waals surface area (Å²) in [7, 11) is 0. The quantitative estimate of drug-likeness (QED) is 0.764. The topological polar surface area (TPSA) is 40.5 Å². The molecule has 104 valence electrons. The van der Waals surface area contributed by atoms with Crippen molar-refractivity contribution in [2.75, 3.05) is 0 Å². The van der Waals surface area contributed by atoms with E-state index in [1.54, 1.807) is 6.07 Å². The molecule has 2 nitrogen and oxygen atoms in total. The Hall–Kier alpha value is -1.54. The second-order valence-corrected chi connectivity index (χ2v) is 6.69. The molecule has 0 heterocycles. The zero-order chi connectivity index (χ0) is 13.9. The van der Waals surface area contributed by atoms with Crippen molar-refractivity contribution in [2.45, 2.75) is 44.6 Å². The molecule has 0 unspecified atom stereocenters. The molecule has 0 radical (unpaired) electrons. The molecule has 1 saturated carbocycles. The second-order valence-electron chi connectivity index (χ2n) is 6.69. The van der Waals surface area contributed by atoms with Gasteiger partial charge in [0.25, 0.3) is 0 Å². The first-order valence-corrected chi connectivity index (χ1v) is 7.52. The molecule has 4 rings (SSSR count). The fourth-order valence-corrected chi connectivity index (χ4v) is 4.47. The predicted octanol–water partition coefficient (Wildman–Crippen LogP) is 3.74. The van der Waals surface area contributed by atoms with Crippen LogP contribution < -0.4 is 0 Å². The maximum absolute atomic E-state index is 10.3. The standard InChI is InChI=1S/C18H20O2/c1-18-9-8-14-13-5-3-12(19)10-11(13)2-4-15(14)16(18)6-7-17(18)20/h2-5,10,16-17,19-20H,6-9H2,1H3/t16-,17+,18+/m1/s1. The summed E-state index contributed by atoms with van der Waals surface area (Å²) in [5.41, 5.74) is 2.91. The molecule has 1 fully saturated rings. The van der Waals surface area contributed by atoms with Gasteiger partial charge < -0.3 is 10.2 Å². The number of phenolic OH excluding ortho intramolecular Hbond substituents is 1. The number of hydrogen-bond donors (Lipinski definition) is 2. The summed E-state index contributed by atoms with van der Waals surface area (Å²) in [6, 6.07) is 9.99. The molecule has 0 amide bonds. The van der Waals surface area contributed by atoms with Crippen LogP contribution in [0.5, 0.6) is 5.75 Å². The predicted molar refractivity (Wildman–Crippen MR) is 80.0 cm³/mol. The highest BCUT2D eigenvalue weighted by Gasteiger charge is 2.48. The van der Waals surface area contributed by atoms with Gasteiger partial charge in [0.05, 0.1) is 6.10 Å². The third-order valence-electron chi connectivity index (χ3n) is 5.73. The van der Waals surface area contributed by atoms with E-state index in [2.05, 4.69) is 19.1 Å². The molecule has 0 aliphatic heterocycles. The van der Waals surface area contributed by atoms with Gasteiger partial charge in [0.2, 0.25) is 0 Å². The van der Waals surface area contributed by atoms with Crippen LogP contribution in [0.1, 0.15) is 43.2 Å². The minimum absolute atomic E-state index is 0.0532. The molecule has 2 aromatic rings. The summed E-state index contributed by atoms with van der Waals surface area (Å²) in [4.78, 5) is 0. The molecule has 2 heteroatoms. The van der Waals surface area contributed by atoms with Crippen molar-refractivity contribution in [3.8, 4) is 5.75 Å². The summed E-state index contributed by atoms with van der Waals surface area (Å²) in [5, 5.41) is 22.3.